The first kappa shape index (κ1) is 21.4. The lowest BCUT2D eigenvalue weighted by molar-refractivity contribution is -0.114. The Morgan fingerprint density at radius 2 is 1.80 bits per heavy atom. The highest BCUT2D eigenvalue weighted by Crippen LogP contribution is 2.29. The molecule has 2 heterocycles. The quantitative estimate of drug-likeness (QED) is 0.431. The van der Waals surface area contributed by atoms with Crippen LogP contribution >= 0.6 is 11.8 Å². The Morgan fingerprint density at radius 1 is 1.07 bits per heavy atom. The van der Waals surface area contributed by atoms with Crippen molar-refractivity contribution in [2.24, 2.45) is 0 Å². The summed E-state index contributed by atoms with van der Waals surface area (Å²) in [5, 5.41) is 6.08. The van der Waals surface area contributed by atoms with Gasteiger partial charge in [-0.2, -0.15) is 0 Å². The topological polar surface area (TPSA) is 106 Å². The van der Waals surface area contributed by atoms with E-state index in [9.17, 15) is 9.59 Å². The number of hydrogen-bond acceptors (Lipinski definition) is 7. The van der Waals surface area contributed by atoms with Crippen LogP contribution in [0.25, 0.3) is 0 Å². The minimum Gasteiger partial charge on any atom is -0.495 e. The fourth-order valence-electron chi connectivity index (χ4n) is 2.74. The first-order valence-electron chi connectivity index (χ1n) is 9.15. The molecule has 0 fully saturated rings. The molecule has 1 aromatic carbocycles. The number of nitrogens with zero attached hydrogens (tertiary/aromatic N) is 2. The maximum Gasteiger partial charge on any atom is 0.291 e. The number of aryl methyl sites for hydroxylation is 2. The molecule has 156 valence electrons. The summed E-state index contributed by atoms with van der Waals surface area (Å²) in [6.45, 7) is 5.25. The van der Waals surface area contributed by atoms with Crippen LogP contribution in [0, 0.1) is 13.8 Å². The second-order valence-electron chi connectivity index (χ2n) is 6.54. The second kappa shape index (κ2) is 9.45. The van der Waals surface area contributed by atoms with Gasteiger partial charge in [-0.05, 0) is 50.2 Å². The maximum atomic E-state index is 12.6. The van der Waals surface area contributed by atoms with Crippen molar-refractivity contribution < 1.29 is 18.7 Å². The van der Waals surface area contributed by atoms with E-state index in [1.807, 2.05) is 19.9 Å². The van der Waals surface area contributed by atoms with Crippen LogP contribution in [0.5, 0.6) is 5.75 Å². The average Bonchev–Trinajstić information content (AvgIpc) is 3.15. The van der Waals surface area contributed by atoms with Gasteiger partial charge in [0.1, 0.15) is 11.5 Å². The highest BCUT2D eigenvalue weighted by Gasteiger charge is 2.15. The number of rotatable bonds is 7. The number of hydrogen-bond donors (Lipinski definition) is 2. The Labute approximate surface area is 178 Å². The molecule has 0 aliphatic rings. The van der Waals surface area contributed by atoms with Crippen LogP contribution in [-0.2, 0) is 10.5 Å². The zero-order chi connectivity index (χ0) is 21.7. The van der Waals surface area contributed by atoms with Gasteiger partial charge in [0.15, 0.2) is 10.9 Å². The van der Waals surface area contributed by atoms with E-state index in [2.05, 4.69) is 20.6 Å². The van der Waals surface area contributed by atoms with Crippen LogP contribution in [0.3, 0.4) is 0 Å². The third-order valence-corrected chi connectivity index (χ3v) is 4.83. The highest BCUT2D eigenvalue weighted by molar-refractivity contribution is 7.98. The highest BCUT2D eigenvalue weighted by atomic mass is 32.2. The zero-order valence-corrected chi connectivity index (χ0v) is 17.9. The normalized spacial score (nSPS) is 10.5. The molecule has 2 N–H and O–H groups in total. The molecule has 0 bridgehead atoms. The van der Waals surface area contributed by atoms with E-state index in [1.54, 1.807) is 30.3 Å². The number of amides is 2. The van der Waals surface area contributed by atoms with Crippen molar-refractivity contribution in [1.29, 1.82) is 0 Å². The molecule has 3 rings (SSSR count). The van der Waals surface area contributed by atoms with Crippen LogP contribution < -0.4 is 15.4 Å². The van der Waals surface area contributed by atoms with Gasteiger partial charge in [0.25, 0.3) is 5.91 Å². The largest absolute Gasteiger partial charge is 0.495 e. The van der Waals surface area contributed by atoms with Gasteiger partial charge >= 0.3 is 0 Å². The molecular formula is C21H22N4O4S. The van der Waals surface area contributed by atoms with Crippen molar-refractivity contribution in [3.05, 3.63) is 59.3 Å². The van der Waals surface area contributed by atoms with Crippen molar-refractivity contribution in [1.82, 2.24) is 9.97 Å². The average molecular weight is 426 g/mol. The molecule has 0 atom stereocenters. The molecule has 2 amide bonds. The zero-order valence-electron chi connectivity index (χ0n) is 17.1. The molecule has 3 aromatic rings. The molecule has 8 nitrogen and oxygen atoms in total. The first-order chi connectivity index (χ1) is 14.3. The molecular weight excluding hydrogens is 404 g/mol. The van der Waals surface area contributed by atoms with Crippen molar-refractivity contribution in [3.63, 3.8) is 0 Å². The molecule has 0 saturated carbocycles. The van der Waals surface area contributed by atoms with Gasteiger partial charge in [0.05, 0.1) is 18.6 Å². The smallest absolute Gasteiger partial charge is 0.291 e. The molecule has 0 aliphatic carbocycles. The molecule has 2 aromatic heterocycles. The number of furan rings is 1. The van der Waals surface area contributed by atoms with Gasteiger partial charge in [-0.25, -0.2) is 9.97 Å². The van der Waals surface area contributed by atoms with E-state index in [4.69, 9.17) is 9.15 Å². The number of carbonyl (C=O) groups excluding carboxylic acids is 2. The first-order valence-corrected chi connectivity index (χ1v) is 10.1. The monoisotopic (exact) mass is 426 g/mol. The summed E-state index contributed by atoms with van der Waals surface area (Å²) in [5.41, 5.74) is 2.77. The minimum absolute atomic E-state index is 0.166. The third-order valence-electron chi connectivity index (χ3n) is 3.96. The summed E-state index contributed by atoms with van der Waals surface area (Å²) in [6, 6.07) is 10.2. The Balaban J connectivity index is 1.68. The van der Waals surface area contributed by atoms with E-state index in [0.717, 1.165) is 11.4 Å². The van der Waals surface area contributed by atoms with Crippen LogP contribution in [0.1, 0.15) is 34.6 Å². The summed E-state index contributed by atoms with van der Waals surface area (Å²) in [4.78, 5) is 32.6. The van der Waals surface area contributed by atoms with E-state index in [1.165, 1.54) is 25.8 Å². The standard InChI is InChI=1S/C21H22N4O4S/c1-12-9-13(2)23-21(22-12)30-11-16-6-8-19(29-16)20(27)25-17-10-15(24-14(3)26)5-7-18(17)28-4/h5-10H,11H2,1-4H3,(H,24,26)(H,25,27). The number of aromatic nitrogens is 2. The number of methoxy groups -OCH3 is 1. The fourth-order valence-corrected chi connectivity index (χ4v) is 3.59. The number of nitrogens with one attached hydrogen (secondary N) is 2. The summed E-state index contributed by atoms with van der Waals surface area (Å²) in [6.07, 6.45) is 0. The summed E-state index contributed by atoms with van der Waals surface area (Å²) in [7, 11) is 1.50. The molecule has 30 heavy (non-hydrogen) atoms. The molecule has 0 aliphatic heterocycles. The molecule has 0 saturated heterocycles. The Morgan fingerprint density at radius 3 is 2.47 bits per heavy atom. The van der Waals surface area contributed by atoms with Crippen LogP contribution in [0.2, 0.25) is 0 Å². The number of thioether (sulfide) groups is 1. The van der Waals surface area contributed by atoms with E-state index >= 15 is 0 Å². The van der Waals surface area contributed by atoms with Gasteiger partial charge < -0.3 is 19.8 Å². The van der Waals surface area contributed by atoms with E-state index < -0.39 is 5.91 Å². The second-order valence-corrected chi connectivity index (χ2v) is 7.48. The fraction of sp³-hybridized carbons (Fsp3) is 0.238. The molecule has 0 spiro atoms. The number of ether oxygens (including phenoxy) is 1. The summed E-state index contributed by atoms with van der Waals surface area (Å²) < 4.78 is 10.9. The minimum atomic E-state index is -0.424. The maximum absolute atomic E-state index is 12.6. The lowest BCUT2D eigenvalue weighted by Crippen LogP contribution is -2.13. The Bertz CT molecular complexity index is 1060. The number of carbonyl (C=O) groups is 2. The van der Waals surface area contributed by atoms with Gasteiger partial charge in [-0.1, -0.05) is 11.8 Å². The van der Waals surface area contributed by atoms with Crippen LogP contribution in [0.4, 0.5) is 11.4 Å². The summed E-state index contributed by atoms with van der Waals surface area (Å²) >= 11 is 1.44. The van der Waals surface area contributed by atoms with E-state index in [0.29, 0.717) is 33.8 Å². The van der Waals surface area contributed by atoms with Crippen molar-refractivity contribution >= 4 is 35.0 Å². The molecule has 0 unspecified atom stereocenters. The summed E-state index contributed by atoms with van der Waals surface area (Å²) in [5.74, 6) is 1.13. The van der Waals surface area contributed by atoms with Gasteiger partial charge in [-0.15, -0.1) is 0 Å². The number of benzene rings is 1. The predicted octanol–water partition coefficient (Wildman–Crippen LogP) is 4.20. The SMILES string of the molecule is COc1ccc(NC(C)=O)cc1NC(=O)c1ccc(CSc2nc(C)cc(C)n2)o1. The lowest BCUT2D eigenvalue weighted by Gasteiger charge is -2.11. The Hall–Kier alpha value is -3.33. The van der Waals surface area contributed by atoms with Crippen LogP contribution in [-0.4, -0.2) is 28.9 Å². The van der Waals surface area contributed by atoms with Crippen molar-refractivity contribution in [3.8, 4) is 5.75 Å². The van der Waals surface area contributed by atoms with Gasteiger partial charge in [-0.3, -0.25) is 9.59 Å². The van der Waals surface area contributed by atoms with E-state index in [-0.39, 0.29) is 11.7 Å². The van der Waals surface area contributed by atoms with Crippen LogP contribution in [0.15, 0.2) is 46.0 Å². The Kier molecular flexibility index (Phi) is 6.73. The van der Waals surface area contributed by atoms with Crippen molar-refractivity contribution in [2.75, 3.05) is 17.7 Å². The van der Waals surface area contributed by atoms with Gasteiger partial charge in [0.2, 0.25) is 5.91 Å². The predicted molar refractivity (Wildman–Crippen MR) is 115 cm³/mol. The lowest BCUT2D eigenvalue weighted by atomic mass is 10.2. The molecule has 0 radical (unpaired) electrons. The number of anilines is 2. The van der Waals surface area contributed by atoms with Crippen molar-refractivity contribution in [2.45, 2.75) is 31.7 Å². The molecule has 9 heteroatoms. The van der Waals surface area contributed by atoms with Gasteiger partial charge in [0, 0.05) is 24.0 Å². The third kappa shape index (κ3) is 5.60.